The molecule has 0 aromatic carbocycles. The average Bonchev–Trinajstić information content (AvgIpc) is 1.28. The van der Waals surface area contributed by atoms with Crippen molar-refractivity contribution < 1.29 is 191 Å². The van der Waals surface area contributed by atoms with Crippen LogP contribution in [0.4, 0.5) is 0 Å². The van der Waals surface area contributed by atoms with Crippen LogP contribution in [0.5, 0.6) is 0 Å². The SMILES string of the molecule is COCCOCCOCCOCCOCCOCCOCCOCCOCCOCC(=O)NCCCCC(NC(=O)CCCNC(=O)C(C(C(=O)NCCCC(=O)NC(CCCCNC(=O)COCCOCCOCCOCCOCCOCCOCCOCCOCCOC)C(=O)NCCCC(=O)NCC(=O)NC(C)C(=O)O)N1C(=O)C=CC1=O)N1C(=O)C=CC1=O)C(=O)NCCCC(=O)NCC(=O)NC(C)C(=O)O. The number of unbranched alkanes of at least 4 members (excludes halogenated alkanes) is 2. The molecule has 0 fully saturated rings. The van der Waals surface area contributed by atoms with Crippen molar-refractivity contribution in [1.82, 2.24) is 73.6 Å². The molecule has 0 aliphatic carbocycles. The van der Waals surface area contributed by atoms with E-state index in [1.54, 1.807) is 14.2 Å². The number of nitrogens with zero attached hydrogens (tertiary/aromatic N) is 2. The summed E-state index contributed by atoms with van der Waals surface area (Å²) in [7, 11) is 3.22. The van der Waals surface area contributed by atoms with Crippen LogP contribution in [0.1, 0.15) is 104 Å². The van der Waals surface area contributed by atoms with Crippen LogP contribution in [0.3, 0.4) is 0 Å². The van der Waals surface area contributed by atoms with Crippen molar-refractivity contribution in [2.24, 2.45) is 0 Å². The Bertz CT molecular complexity index is 3520. The van der Waals surface area contributed by atoms with Gasteiger partial charge in [-0.05, 0) is 78.1 Å². The Kier molecular flexibility index (Phi) is 80.9. The molecule has 2 heterocycles. The number of rotatable bonds is 101. The Morgan fingerprint density at radius 3 is 0.692 bits per heavy atom. The molecule has 0 bridgehead atoms. The van der Waals surface area contributed by atoms with Crippen molar-refractivity contribution in [2.75, 3.05) is 318 Å². The number of methoxy groups -OCH3 is 2. The Morgan fingerprint density at radius 2 is 0.459 bits per heavy atom. The second-order valence-corrected chi connectivity index (χ2v) is 31.9. The van der Waals surface area contributed by atoms with Gasteiger partial charge in [-0.2, -0.15) is 0 Å². The van der Waals surface area contributed by atoms with Crippen molar-refractivity contribution >= 4 is 106 Å². The lowest BCUT2D eigenvalue weighted by atomic mass is 10.0. The molecule has 2 rings (SSSR count). The maximum Gasteiger partial charge on any atom is 0.325 e. The fourth-order valence-electron chi connectivity index (χ4n) is 12.4. The van der Waals surface area contributed by atoms with Crippen molar-refractivity contribution in [2.45, 2.75) is 140 Å². The molecule has 0 radical (unpaired) electrons. The van der Waals surface area contributed by atoms with Crippen LogP contribution in [0.2, 0.25) is 0 Å². The highest BCUT2D eigenvalue weighted by Gasteiger charge is 2.50. The van der Waals surface area contributed by atoms with E-state index in [0.717, 1.165) is 24.3 Å². The number of aliphatic carboxylic acids is 2. The minimum absolute atomic E-state index is 0.0181. The number of ether oxygens (including phenoxy) is 20. The summed E-state index contributed by atoms with van der Waals surface area (Å²) in [6, 6.07) is -9.36. The van der Waals surface area contributed by atoms with Gasteiger partial charge in [-0.3, -0.25) is 96.1 Å². The van der Waals surface area contributed by atoms with E-state index in [1.165, 1.54) is 13.8 Å². The molecule has 2 aliphatic rings. The van der Waals surface area contributed by atoms with Crippen LogP contribution in [-0.4, -0.2) is 480 Å². The number of carbonyl (C=O) groups excluding carboxylic acids is 16. The summed E-state index contributed by atoms with van der Waals surface area (Å²) in [5.41, 5.74) is 0. The molecule has 6 atom stereocenters. The average molecular weight is 2100 g/mol. The maximum absolute atomic E-state index is 14.5. The molecular formula is C92H156N14O40. The van der Waals surface area contributed by atoms with Gasteiger partial charge in [-0.1, -0.05) is 0 Å². The third kappa shape index (κ3) is 71.2. The number of nitrogens with one attached hydrogen (secondary N) is 12. The standard InChI is InChI=1S/C92H156N14O40/c1-69(91(123)124)101-77(111)65-99-73(107)15-9-25-95-87(119)71(13-5-7-23-93-79(113)67-145-63-61-143-59-57-141-55-53-139-51-49-137-47-45-135-43-41-133-39-37-131-35-33-129-31-29-127-3)103-75(109)17-11-27-97-89(121)85(105-81(115)19-20-82(105)116)86(106-83(117)21-22-84(106)118)90(122)98-28-12-18-76(110)104-72(88(120)96-26-10-16-74(108)100-66-78(112)102-70(2)92(125)126)14-6-8-24-94-80(114)68-146-64-62-144-60-58-142-56-54-140-52-50-138-48-46-136-44-42-134-40-38-132-36-34-130-32-30-128-4/h19-22,69-72,85-86H,5-18,23-68H2,1-4H3,(H,93,113)(H,94,114)(H,95,119)(H,96,120)(H,97,121)(H,98,122)(H,99,107)(H,100,108)(H,101,111)(H,102,112)(H,103,109)(H,104,110)(H,123,124)(H,125,126). The van der Waals surface area contributed by atoms with Crippen LogP contribution in [0.15, 0.2) is 24.3 Å². The molecular weight excluding hydrogens is 1940 g/mol. The molecule has 0 saturated carbocycles. The molecule has 834 valence electrons. The Balaban J connectivity index is 1.96. The lowest BCUT2D eigenvalue weighted by Gasteiger charge is -2.35. The van der Waals surface area contributed by atoms with Crippen molar-refractivity contribution in [3.05, 3.63) is 24.3 Å². The Morgan fingerprint density at radius 1 is 0.247 bits per heavy atom. The highest BCUT2D eigenvalue weighted by molar-refractivity contribution is 6.19. The van der Waals surface area contributed by atoms with Gasteiger partial charge in [0.25, 0.3) is 23.6 Å². The first kappa shape index (κ1) is 132. The van der Waals surface area contributed by atoms with Crippen LogP contribution >= 0.6 is 0 Å². The summed E-state index contributed by atoms with van der Waals surface area (Å²) in [5.74, 6) is -16.0. The predicted molar refractivity (Wildman–Crippen MR) is 511 cm³/mol. The molecule has 0 spiro atoms. The van der Waals surface area contributed by atoms with Gasteiger partial charge in [0.1, 0.15) is 49.5 Å². The van der Waals surface area contributed by atoms with Crippen LogP contribution in [-0.2, 0) is 181 Å². The first-order chi connectivity index (χ1) is 70.7. The number of imide groups is 2. The Hall–Kier alpha value is -10.5. The summed E-state index contributed by atoms with van der Waals surface area (Å²) in [4.78, 5) is 235. The third-order valence-corrected chi connectivity index (χ3v) is 20.1. The molecule has 146 heavy (non-hydrogen) atoms. The van der Waals surface area contributed by atoms with Gasteiger partial charge in [0.2, 0.25) is 70.9 Å². The zero-order valence-electron chi connectivity index (χ0n) is 84.5. The van der Waals surface area contributed by atoms with Crippen LogP contribution < -0.4 is 63.8 Å². The number of carbonyl (C=O) groups is 18. The van der Waals surface area contributed by atoms with E-state index in [-0.39, 0.29) is 156 Å². The van der Waals surface area contributed by atoms with E-state index in [4.69, 9.17) is 105 Å². The highest BCUT2D eigenvalue weighted by Crippen LogP contribution is 2.22. The van der Waals surface area contributed by atoms with Gasteiger partial charge in [0.05, 0.1) is 251 Å². The summed E-state index contributed by atoms with van der Waals surface area (Å²) >= 11 is 0. The van der Waals surface area contributed by atoms with Gasteiger partial charge in [0.15, 0.2) is 0 Å². The minimum Gasteiger partial charge on any atom is -0.480 e. The summed E-state index contributed by atoms with van der Waals surface area (Å²) in [6.45, 7) is 13.9. The number of hydrogen-bond donors (Lipinski definition) is 14. The van der Waals surface area contributed by atoms with Crippen LogP contribution in [0.25, 0.3) is 0 Å². The van der Waals surface area contributed by atoms with E-state index in [1.807, 2.05) is 0 Å². The molecule has 0 aromatic heterocycles. The van der Waals surface area contributed by atoms with E-state index in [9.17, 15) is 86.3 Å². The Labute approximate surface area is 849 Å². The summed E-state index contributed by atoms with van der Waals surface area (Å²) in [6.07, 6.45) is 2.88. The fourth-order valence-corrected chi connectivity index (χ4v) is 12.4. The summed E-state index contributed by atoms with van der Waals surface area (Å²) < 4.78 is 108. The van der Waals surface area contributed by atoms with Crippen molar-refractivity contribution in [3.63, 3.8) is 0 Å². The maximum atomic E-state index is 14.5. The second kappa shape index (κ2) is 89.7. The first-order valence-electron chi connectivity index (χ1n) is 49.0. The molecule has 6 unspecified atom stereocenters. The smallest absolute Gasteiger partial charge is 0.325 e. The molecule has 2 aliphatic heterocycles. The van der Waals surface area contributed by atoms with Gasteiger partial charge >= 0.3 is 11.9 Å². The molecule has 54 heteroatoms. The van der Waals surface area contributed by atoms with Crippen molar-refractivity contribution in [3.8, 4) is 0 Å². The largest absolute Gasteiger partial charge is 0.480 e. The number of carboxylic acid groups (broad SMARTS) is 2. The molecule has 54 nitrogen and oxygen atoms in total. The van der Waals surface area contributed by atoms with E-state index >= 15 is 0 Å². The monoisotopic (exact) mass is 2100 g/mol. The highest BCUT2D eigenvalue weighted by atomic mass is 16.6. The van der Waals surface area contributed by atoms with Gasteiger partial charge in [0, 0.05) is 103 Å². The zero-order chi connectivity index (χ0) is 107. The molecule has 0 saturated heterocycles. The lowest BCUT2D eigenvalue weighted by Crippen LogP contribution is -2.66. The van der Waals surface area contributed by atoms with E-state index in [0.29, 0.717) is 208 Å². The quantitative estimate of drug-likeness (QED) is 0.0199. The number of hydrogen-bond acceptors (Lipinski definition) is 38. The topological polar surface area (TPSA) is 683 Å². The summed E-state index contributed by atoms with van der Waals surface area (Å²) in [5, 5.41) is 48.2. The number of amides is 16. The lowest BCUT2D eigenvalue weighted by molar-refractivity contribution is -0.156. The minimum atomic E-state index is -2.25. The van der Waals surface area contributed by atoms with Crippen molar-refractivity contribution in [1.29, 1.82) is 0 Å². The number of carboxylic acids is 2. The van der Waals surface area contributed by atoms with E-state index in [2.05, 4.69) is 63.8 Å². The van der Waals surface area contributed by atoms with Crippen LogP contribution in [0, 0.1) is 0 Å². The second-order valence-electron chi connectivity index (χ2n) is 31.9. The first-order valence-corrected chi connectivity index (χ1v) is 49.0. The van der Waals surface area contributed by atoms with Gasteiger partial charge in [-0.15, -0.1) is 0 Å². The fraction of sp³-hybridized carbons (Fsp3) is 0.761. The molecule has 0 aromatic rings. The predicted octanol–water partition coefficient (Wildman–Crippen LogP) is -6.30. The zero-order valence-corrected chi connectivity index (χ0v) is 84.5. The van der Waals surface area contributed by atoms with E-state index < -0.39 is 182 Å². The normalized spacial score (nSPS) is 13.5. The molecule has 16 amide bonds. The van der Waals surface area contributed by atoms with Gasteiger partial charge in [-0.25, -0.2) is 0 Å². The van der Waals surface area contributed by atoms with Gasteiger partial charge < -0.3 is 169 Å². The molecule has 14 N–H and O–H groups in total. The third-order valence-electron chi connectivity index (χ3n) is 20.1.